The number of nitrogens with one attached hydrogen (secondary N) is 1. The van der Waals surface area contributed by atoms with Crippen LogP contribution in [-0.4, -0.2) is 31.1 Å². The number of anilines is 1. The summed E-state index contributed by atoms with van der Waals surface area (Å²) in [6.07, 6.45) is 0. The molecule has 12 heteroatoms. The largest absolute Gasteiger partial charge is 0.505 e. The number of nitrogens with zero attached hydrogens (tertiary/aromatic N) is 2. The van der Waals surface area contributed by atoms with E-state index < -0.39 is 21.8 Å². The van der Waals surface area contributed by atoms with Crippen LogP contribution in [0.25, 0.3) is 10.8 Å². The second-order valence-electron chi connectivity index (χ2n) is 7.89. The number of fused-ring (bicyclic) bond motifs is 1. The van der Waals surface area contributed by atoms with Crippen LogP contribution in [0.1, 0.15) is 15.9 Å². The molecule has 1 amide bonds. The number of carbonyl (C=O) groups excluding carboxylic acids is 1. The maximum atomic E-state index is 13.2. The van der Waals surface area contributed by atoms with Crippen LogP contribution in [0.2, 0.25) is 10.0 Å². The minimum atomic E-state index is -4.48. The van der Waals surface area contributed by atoms with Crippen LogP contribution in [0.4, 0.5) is 17.1 Å². The number of aryl methyl sites for hydroxylation is 1. The van der Waals surface area contributed by atoms with Gasteiger partial charge in [0.2, 0.25) is 0 Å². The molecule has 0 fully saturated rings. The molecule has 0 atom stereocenters. The summed E-state index contributed by atoms with van der Waals surface area (Å²) < 4.78 is 37.7. The van der Waals surface area contributed by atoms with Gasteiger partial charge in [-0.2, -0.15) is 8.42 Å². The van der Waals surface area contributed by atoms with Crippen molar-refractivity contribution in [3.8, 4) is 11.5 Å². The van der Waals surface area contributed by atoms with Crippen LogP contribution in [0, 0.1) is 6.92 Å². The van der Waals surface area contributed by atoms with Gasteiger partial charge in [-0.05, 0) is 54.3 Å². The fourth-order valence-electron chi connectivity index (χ4n) is 3.67. The minimum Gasteiger partial charge on any atom is -0.505 e. The van der Waals surface area contributed by atoms with Crippen LogP contribution < -0.4 is 10.1 Å². The molecule has 0 aliphatic carbocycles. The molecule has 0 aliphatic rings. The molecule has 37 heavy (non-hydrogen) atoms. The van der Waals surface area contributed by atoms with Crippen LogP contribution in [0.15, 0.2) is 75.8 Å². The summed E-state index contributed by atoms with van der Waals surface area (Å²) in [6, 6.07) is 15.5. The highest BCUT2D eigenvalue weighted by Gasteiger charge is 2.20. The molecule has 0 saturated heterocycles. The molecule has 0 unspecified atom stereocenters. The number of rotatable bonds is 6. The predicted molar refractivity (Wildman–Crippen MR) is 142 cm³/mol. The van der Waals surface area contributed by atoms with Gasteiger partial charge in [0.05, 0.1) is 28.3 Å². The molecule has 4 aromatic rings. The van der Waals surface area contributed by atoms with E-state index in [1.165, 1.54) is 32.2 Å². The highest BCUT2D eigenvalue weighted by atomic mass is 35.5. The van der Waals surface area contributed by atoms with Crippen molar-refractivity contribution in [2.45, 2.75) is 11.8 Å². The lowest BCUT2D eigenvalue weighted by molar-refractivity contribution is 0.102. The minimum absolute atomic E-state index is 0.00566. The van der Waals surface area contributed by atoms with Crippen LogP contribution in [0.5, 0.6) is 11.5 Å². The lowest BCUT2D eigenvalue weighted by Gasteiger charge is -2.13. The van der Waals surface area contributed by atoms with Gasteiger partial charge >= 0.3 is 0 Å². The summed E-state index contributed by atoms with van der Waals surface area (Å²) >= 11 is 12.2. The van der Waals surface area contributed by atoms with Crippen molar-refractivity contribution in [1.29, 1.82) is 0 Å². The first kappa shape index (κ1) is 26.4. The quantitative estimate of drug-likeness (QED) is 0.170. The van der Waals surface area contributed by atoms with E-state index in [-0.39, 0.29) is 32.4 Å². The number of azo groups is 1. The normalized spacial score (nSPS) is 11.7. The smallest absolute Gasteiger partial charge is 0.294 e. The fraction of sp³-hybridized carbons (Fsp3) is 0.0800. The van der Waals surface area contributed by atoms with E-state index in [2.05, 4.69) is 15.5 Å². The third-order valence-electron chi connectivity index (χ3n) is 5.43. The molecule has 0 heterocycles. The van der Waals surface area contributed by atoms with Crippen LogP contribution in [0.3, 0.4) is 0 Å². The van der Waals surface area contributed by atoms with Crippen LogP contribution in [-0.2, 0) is 10.1 Å². The maximum Gasteiger partial charge on any atom is 0.294 e. The molecule has 0 aromatic heterocycles. The average Bonchev–Trinajstić information content (AvgIpc) is 2.84. The van der Waals surface area contributed by atoms with Gasteiger partial charge < -0.3 is 15.2 Å². The molecule has 0 bridgehead atoms. The summed E-state index contributed by atoms with van der Waals surface area (Å²) in [7, 11) is -3.04. The number of aromatic hydroxyl groups is 1. The van der Waals surface area contributed by atoms with Gasteiger partial charge in [-0.3, -0.25) is 9.35 Å². The van der Waals surface area contributed by atoms with E-state index in [9.17, 15) is 22.9 Å². The Balaban J connectivity index is 1.80. The Hall–Kier alpha value is -3.70. The Morgan fingerprint density at radius 2 is 1.76 bits per heavy atom. The van der Waals surface area contributed by atoms with Crippen molar-refractivity contribution in [3.63, 3.8) is 0 Å². The maximum absolute atomic E-state index is 13.2. The molecule has 9 nitrogen and oxygen atoms in total. The molecule has 190 valence electrons. The Morgan fingerprint density at radius 3 is 2.46 bits per heavy atom. The third kappa shape index (κ3) is 5.52. The van der Waals surface area contributed by atoms with E-state index in [1.807, 2.05) is 0 Å². The highest BCUT2D eigenvalue weighted by molar-refractivity contribution is 7.85. The summed E-state index contributed by atoms with van der Waals surface area (Å²) in [5, 5.41) is 23.3. The summed E-state index contributed by atoms with van der Waals surface area (Å²) in [5.74, 6) is -0.716. The number of phenols is 1. The number of halogens is 2. The number of phenolic OH excluding ortho intramolecular Hbond substituents is 1. The van der Waals surface area contributed by atoms with E-state index >= 15 is 0 Å². The lowest BCUT2D eigenvalue weighted by atomic mass is 10.0. The lowest BCUT2D eigenvalue weighted by Crippen LogP contribution is -2.13. The SMILES string of the molecule is COc1ccc(Cl)cc1NC(=O)c1cc2ccccc2c(N=Nc2cc(C)c(S(=O)(=O)O)cc2Cl)c1O. The first-order chi connectivity index (χ1) is 17.5. The second kappa shape index (κ2) is 10.3. The van der Waals surface area contributed by atoms with Gasteiger partial charge in [0.1, 0.15) is 17.1 Å². The zero-order valence-corrected chi connectivity index (χ0v) is 21.7. The summed E-state index contributed by atoms with van der Waals surface area (Å²) in [4.78, 5) is 12.8. The molecule has 4 rings (SSSR count). The topological polar surface area (TPSA) is 138 Å². The molecule has 0 spiro atoms. The zero-order valence-electron chi connectivity index (χ0n) is 19.4. The number of benzene rings is 4. The van der Waals surface area contributed by atoms with Gasteiger partial charge in [0, 0.05) is 10.4 Å². The first-order valence-electron chi connectivity index (χ1n) is 10.6. The van der Waals surface area contributed by atoms with Gasteiger partial charge in [-0.25, -0.2) is 0 Å². The third-order valence-corrected chi connectivity index (χ3v) is 6.96. The Kier molecular flexibility index (Phi) is 7.37. The van der Waals surface area contributed by atoms with Crippen molar-refractivity contribution in [2.24, 2.45) is 10.2 Å². The Labute approximate surface area is 222 Å². The van der Waals surface area contributed by atoms with E-state index in [4.69, 9.17) is 27.9 Å². The van der Waals surface area contributed by atoms with Crippen molar-refractivity contribution in [1.82, 2.24) is 0 Å². The van der Waals surface area contributed by atoms with Gasteiger partial charge in [0.25, 0.3) is 16.0 Å². The first-order valence-corrected chi connectivity index (χ1v) is 12.8. The van der Waals surface area contributed by atoms with Crippen molar-refractivity contribution in [2.75, 3.05) is 12.4 Å². The monoisotopic (exact) mass is 559 g/mol. The Bertz CT molecular complexity index is 1690. The van der Waals surface area contributed by atoms with Gasteiger partial charge in [-0.15, -0.1) is 10.2 Å². The molecule has 4 aromatic carbocycles. The average molecular weight is 560 g/mol. The van der Waals surface area contributed by atoms with E-state index in [1.54, 1.807) is 36.4 Å². The number of hydrogen-bond donors (Lipinski definition) is 3. The van der Waals surface area contributed by atoms with Crippen molar-refractivity contribution >= 4 is 67.1 Å². The van der Waals surface area contributed by atoms with E-state index in [0.29, 0.717) is 27.2 Å². The Morgan fingerprint density at radius 1 is 1.03 bits per heavy atom. The molecular weight excluding hydrogens is 541 g/mol. The number of ether oxygens (including phenoxy) is 1. The molecule has 3 N–H and O–H groups in total. The summed E-state index contributed by atoms with van der Waals surface area (Å²) in [5.41, 5.74) is 0.497. The van der Waals surface area contributed by atoms with E-state index in [0.717, 1.165) is 6.07 Å². The number of hydrogen-bond acceptors (Lipinski definition) is 7. The number of carbonyl (C=O) groups is 1. The highest BCUT2D eigenvalue weighted by Crippen LogP contribution is 2.41. The molecule has 0 saturated carbocycles. The standard InChI is InChI=1S/C25H19Cl2N3O6S/c1-13-9-19(18(27)12-22(13)37(33,34)35)29-30-23-16-6-4-3-5-14(16)10-17(24(23)31)25(32)28-20-11-15(26)7-8-21(20)36-2/h3-12,31H,1-2H3,(H,28,32)(H,33,34,35). The van der Waals surface area contributed by atoms with Crippen molar-refractivity contribution in [3.05, 3.63) is 81.8 Å². The predicted octanol–water partition coefficient (Wildman–Crippen LogP) is 7.08. The number of methoxy groups -OCH3 is 1. The van der Waals surface area contributed by atoms with Gasteiger partial charge in [-0.1, -0.05) is 47.5 Å². The zero-order chi connectivity index (χ0) is 26.9. The van der Waals surface area contributed by atoms with Crippen molar-refractivity contribution < 1.29 is 27.6 Å². The fourth-order valence-corrected chi connectivity index (χ4v) is 4.84. The van der Waals surface area contributed by atoms with Gasteiger partial charge in [0.15, 0.2) is 5.75 Å². The number of amides is 1. The van der Waals surface area contributed by atoms with Crippen LogP contribution >= 0.6 is 23.2 Å². The second-order valence-corrected chi connectivity index (χ2v) is 10.1. The molecule has 0 radical (unpaired) electrons. The molecular formula is C25H19Cl2N3O6S. The molecule has 0 aliphatic heterocycles. The summed E-state index contributed by atoms with van der Waals surface area (Å²) in [6.45, 7) is 1.46.